The van der Waals surface area contributed by atoms with Crippen LogP contribution in [-0.4, -0.2) is 86.0 Å². The molecule has 0 aliphatic carbocycles. The van der Waals surface area contributed by atoms with Crippen LogP contribution in [0, 0.1) is 5.41 Å². The molecule has 1 unspecified atom stereocenters. The predicted octanol–water partition coefficient (Wildman–Crippen LogP) is -1.10. The van der Waals surface area contributed by atoms with Crippen LogP contribution in [0.1, 0.15) is 59.3 Å². The molecule has 0 spiro atoms. The molecule has 0 aliphatic heterocycles. The second-order valence-corrected chi connectivity index (χ2v) is 8.80. The van der Waals surface area contributed by atoms with E-state index >= 15 is 0 Å². The van der Waals surface area contributed by atoms with E-state index in [0.717, 1.165) is 0 Å². The van der Waals surface area contributed by atoms with Gasteiger partial charge < -0.3 is 30.5 Å². The highest BCUT2D eigenvalue weighted by atomic mass is 16.5. The molecule has 1 atom stereocenters. The van der Waals surface area contributed by atoms with Crippen LogP contribution in [0.4, 0.5) is 0 Å². The van der Waals surface area contributed by atoms with E-state index in [-0.39, 0.29) is 63.6 Å². The molecule has 0 aromatic carbocycles. The molecule has 10 nitrogen and oxygen atoms in total. The molecule has 0 aliphatic rings. The summed E-state index contributed by atoms with van der Waals surface area (Å²) in [6.45, 7) is 6.31. The zero-order chi connectivity index (χ0) is 25.3. The Morgan fingerprint density at radius 3 is 1.88 bits per heavy atom. The zero-order valence-corrected chi connectivity index (χ0v) is 20.0. The van der Waals surface area contributed by atoms with Crippen molar-refractivity contribution in [2.24, 2.45) is 5.41 Å². The van der Waals surface area contributed by atoms with Gasteiger partial charge in [-0.25, -0.2) is 0 Å². The Balaban J connectivity index is 5.33. The Morgan fingerprint density at radius 1 is 0.758 bits per heavy atom. The van der Waals surface area contributed by atoms with Crippen molar-refractivity contribution >= 4 is 47.4 Å². The van der Waals surface area contributed by atoms with Crippen LogP contribution >= 0.6 is 0 Å². The number of hydrogen-bond donors (Lipinski definition) is 4. The molecular formula is C20H35B3N4O6. The highest BCUT2D eigenvalue weighted by molar-refractivity contribution is 6.14. The van der Waals surface area contributed by atoms with E-state index in [0.29, 0.717) is 19.6 Å². The maximum Gasteiger partial charge on any atom is 0.226 e. The second kappa shape index (κ2) is 16.7. The molecule has 6 radical (unpaired) electrons. The topological polar surface area (TPSA) is 135 Å². The molecule has 4 N–H and O–H groups in total. The quantitative estimate of drug-likeness (QED) is 0.151. The smallest absolute Gasteiger partial charge is 0.226 e. The molecule has 0 heterocycles. The summed E-state index contributed by atoms with van der Waals surface area (Å²) in [6.07, 6.45) is 0.864. The normalized spacial score (nSPS) is 13.1. The SMILES string of the molecule is [B]NCCCOCC(CCC(=O)N[B])(COCCC(=O)N[B])NC(=O)CCC(=O)C(C)(C)C. The highest BCUT2D eigenvalue weighted by Crippen LogP contribution is 2.19. The van der Waals surface area contributed by atoms with Gasteiger partial charge in [-0.15, -0.1) is 0 Å². The molecule has 33 heavy (non-hydrogen) atoms. The summed E-state index contributed by atoms with van der Waals surface area (Å²) in [5.41, 5.74) is -1.63. The van der Waals surface area contributed by atoms with Gasteiger partial charge in [0.15, 0.2) is 7.98 Å². The zero-order valence-electron chi connectivity index (χ0n) is 20.0. The van der Waals surface area contributed by atoms with E-state index in [1.54, 1.807) is 20.8 Å². The first kappa shape index (κ1) is 31.2. The molecule has 0 fully saturated rings. The number of Topliss-reactive ketones (excluding diaryl/α,β-unsaturated/α-hetero) is 1. The Labute approximate surface area is 200 Å². The molecule has 180 valence electrons. The summed E-state index contributed by atoms with van der Waals surface area (Å²) < 4.78 is 11.4. The molecule has 0 saturated heterocycles. The van der Waals surface area contributed by atoms with Crippen LogP contribution < -0.4 is 21.0 Å². The number of rotatable bonds is 18. The van der Waals surface area contributed by atoms with E-state index in [4.69, 9.17) is 33.4 Å². The van der Waals surface area contributed by atoms with Crippen molar-refractivity contribution in [3.63, 3.8) is 0 Å². The van der Waals surface area contributed by atoms with E-state index < -0.39 is 22.8 Å². The minimum atomic E-state index is -1.08. The third kappa shape index (κ3) is 14.8. The van der Waals surface area contributed by atoms with Gasteiger partial charge in [0.05, 0.1) is 25.4 Å². The number of amides is 3. The van der Waals surface area contributed by atoms with Crippen molar-refractivity contribution in [1.82, 2.24) is 21.0 Å². The summed E-state index contributed by atoms with van der Waals surface area (Å²) in [7, 11) is 15.5. The first-order chi connectivity index (χ1) is 15.5. The lowest BCUT2D eigenvalue weighted by Crippen LogP contribution is -2.56. The molecule has 13 heteroatoms. The fraction of sp³-hybridized carbons (Fsp3) is 0.800. The number of ketones is 1. The Morgan fingerprint density at radius 2 is 1.33 bits per heavy atom. The lowest BCUT2D eigenvalue weighted by atomic mass is 9.88. The van der Waals surface area contributed by atoms with E-state index in [1.807, 2.05) is 5.23 Å². The third-order valence-electron chi connectivity index (χ3n) is 4.81. The molecule has 3 amide bonds. The maximum atomic E-state index is 12.7. The monoisotopic (exact) mass is 460 g/mol. The van der Waals surface area contributed by atoms with Gasteiger partial charge in [0.2, 0.25) is 33.7 Å². The van der Waals surface area contributed by atoms with Crippen LogP contribution in [0.25, 0.3) is 0 Å². The minimum absolute atomic E-state index is 0.00192. The van der Waals surface area contributed by atoms with Gasteiger partial charge in [-0.3, -0.25) is 19.2 Å². The molecule has 0 saturated carbocycles. The molecule has 0 aromatic heterocycles. The largest absolute Gasteiger partial charge is 0.409 e. The van der Waals surface area contributed by atoms with Crippen molar-refractivity contribution in [1.29, 1.82) is 0 Å². The average molecular weight is 460 g/mol. The van der Waals surface area contributed by atoms with Crippen molar-refractivity contribution < 1.29 is 28.7 Å². The number of nitrogens with one attached hydrogen (secondary N) is 4. The molecule has 0 bridgehead atoms. The van der Waals surface area contributed by atoms with Crippen molar-refractivity contribution in [3.05, 3.63) is 0 Å². The Kier molecular flexibility index (Phi) is 15.8. The van der Waals surface area contributed by atoms with Crippen molar-refractivity contribution in [2.75, 3.05) is 33.0 Å². The standard InChI is InChI=1S/C20H35B3N4O6/c1-19(2,3)15(28)5-6-16(29)25-20(9-7-17(30)26-22,13-32-11-4-10-24-21)14-33-12-8-18(31)27-23/h24H,4-14H2,1-3H3,(H,25,29)(H,26,30)(H,27,31). The van der Waals surface area contributed by atoms with Crippen LogP contribution in [0.3, 0.4) is 0 Å². The lowest BCUT2D eigenvalue weighted by Gasteiger charge is -2.34. The van der Waals surface area contributed by atoms with E-state index in [2.05, 4.69) is 15.8 Å². The molecular weight excluding hydrogens is 425 g/mol. The van der Waals surface area contributed by atoms with Crippen LogP contribution in [0.15, 0.2) is 0 Å². The molecule has 0 rings (SSSR count). The predicted molar refractivity (Wildman–Crippen MR) is 126 cm³/mol. The van der Waals surface area contributed by atoms with Crippen LogP contribution in [0.5, 0.6) is 0 Å². The van der Waals surface area contributed by atoms with Gasteiger partial charge in [0.25, 0.3) is 0 Å². The first-order valence-electron chi connectivity index (χ1n) is 10.9. The third-order valence-corrected chi connectivity index (χ3v) is 4.81. The van der Waals surface area contributed by atoms with Gasteiger partial charge in [-0.1, -0.05) is 20.8 Å². The lowest BCUT2D eigenvalue weighted by molar-refractivity contribution is -0.131. The number of carbonyl (C=O) groups is 4. The fourth-order valence-corrected chi connectivity index (χ4v) is 2.75. The highest BCUT2D eigenvalue weighted by Gasteiger charge is 2.34. The minimum Gasteiger partial charge on any atom is -0.409 e. The van der Waals surface area contributed by atoms with Crippen LogP contribution in [-0.2, 0) is 28.7 Å². The van der Waals surface area contributed by atoms with Gasteiger partial charge in [-0.2, -0.15) is 0 Å². The summed E-state index contributed by atoms with van der Waals surface area (Å²) in [5.74, 6) is -1.25. The molecule has 0 aromatic rings. The first-order valence-corrected chi connectivity index (χ1v) is 10.9. The van der Waals surface area contributed by atoms with Gasteiger partial charge >= 0.3 is 0 Å². The summed E-state index contributed by atoms with van der Waals surface area (Å²) in [4.78, 5) is 48.0. The summed E-state index contributed by atoms with van der Waals surface area (Å²) >= 11 is 0. The summed E-state index contributed by atoms with van der Waals surface area (Å²) in [6, 6.07) is 0. The van der Waals surface area contributed by atoms with Gasteiger partial charge in [0.1, 0.15) is 5.78 Å². The maximum absolute atomic E-state index is 12.7. The van der Waals surface area contributed by atoms with E-state index in [9.17, 15) is 19.2 Å². The second-order valence-electron chi connectivity index (χ2n) is 8.80. The van der Waals surface area contributed by atoms with Gasteiger partial charge in [-0.05, 0) is 19.4 Å². The average Bonchev–Trinajstić information content (AvgIpc) is 2.77. The Bertz CT molecular complexity index is 633. The van der Waals surface area contributed by atoms with Crippen LogP contribution in [0.2, 0.25) is 0 Å². The number of carbonyl (C=O) groups excluding carboxylic acids is 4. The number of hydrogen-bond acceptors (Lipinski definition) is 7. The van der Waals surface area contributed by atoms with Gasteiger partial charge in [0, 0.05) is 37.7 Å². The van der Waals surface area contributed by atoms with E-state index in [1.165, 1.54) is 0 Å². The summed E-state index contributed by atoms with van der Waals surface area (Å²) in [5, 5.41) is 9.47. The number of ether oxygens (including phenoxy) is 2. The van der Waals surface area contributed by atoms with Crippen molar-refractivity contribution in [3.8, 4) is 0 Å². The fourth-order valence-electron chi connectivity index (χ4n) is 2.75. The Hall–Kier alpha value is -1.85. The van der Waals surface area contributed by atoms with Crippen molar-refractivity contribution in [2.45, 2.75) is 64.8 Å².